The zero-order chi connectivity index (χ0) is 11.2. The van der Waals surface area contributed by atoms with Crippen LogP contribution in [0.5, 0.6) is 0 Å². The quantitative estimate of drug-likeness (QED) is 0.687. The van der Waals surface area contributed by atoms with Gasteiger partial charge in [-0.05, 0) is 13.8 Å². The second-order valence-corrected chi connectivity index (χ2v) is 3.63. The maximum atomic E-state index is 11.1. The summed E-state index contributed by atoms with van der Waals surface area (Å²) in [6.07, 6.45) is 0. The monoisotopic (exact) mass is 207 g/mol. The van der Waals surface area contributed by atoms with Crippen molar-refractivity contribution < 1.29 is 4.79 Å². The molecule has 0 fully saturated rings. The van der Waals surface area contributed by atoms with Gasteiger partial charge in [-0.2, -0.15) is 10.1 Å². The average molecular weight is 207 g/mol. The van der Waals surface area contributed by atoms with Crippen molar-refractivity contribution >= 4 is 11.9 Å². The fourth-order valence-electron chi connectivity index (χ4n) is 1.84. The van der Waals surface area contributed by atoms with Gasteiger partial charge in [-0.25, -0.2) is 4.79 Å². The molecule has 0 aromatic carbocycles. The highest BCUT2D eigenvalue weighted by atomic mass is 16.2. The largest absolute Gasteiger partial charge is 0.385 e. The summed E-state index contributed by atoms with van der Waals surface area (Å²) in [5.41, 5.74) is 8.46. The molecule has 1 unspecified atom stereocenters. The minimum absolute atomic E-state index is 0.305. The van der Waals surface area contributed by atoms with Crippen LogP contribution in [0.25, 0.3) is 0 Å². The molecular weight excluding hydrogens is 194 g/mol. The Morgan fingerprint density at radius 3 is 2.53 bits per heavy atom. The molecule has 1 aliphatic rings. The Bertz CT molecular complexity index is 459. The number of aryl methyl sites for hydroxylation is 2. The van der Waals surface area contributed by atoms with Crippen LogP contribution in [0.2, 0.25) is 0 Å². The molecule has 0 bridgehead atoms. The number of nitrogens with one attached hydrogen (secondary N) is 1. The van der Waals surface area contributed by atoms with Gasteiger partial charge in [0.15, 0.2) is 0 Å². The molecule has 1 aromatic rings. The first kappa shape index (κ1) is 9.70. The van der Waals surface area contributed by atoms with E-state index in [0.29, 0.717) is 5.84 Å². The lowest BCUT2D eigenvalue weighted by atomic mass is 10.0. The Morgan fingerprint density at radius 2 is 2.13 bits per heavy atom. The lowest BCUT2D eigenvalue weighted by molar-refractivity contribution is 0.250. The van der Waals surface area contributed by atoms with Crippen LogP contribution in [-0.4, -0.2) is 21.6 Å². The summed E-state index contributed by atoms with van der Waals surface area (Å²) in [7, 11) is 1.86. The molecule has 0 saturated carbocycles. The molecule has 6 nitrogen and oxygen atoms in total. The van der Waals surface area contributed by atoms with Crippen LogP contribution in [0.4, 0.5) is 4.79 Å². The minimum Gasteiger partial charge on any atom is -0.385 e. The number of hydrogen-bond donors (Lipinski definition) is 2. The van der Waals surface area contributed by atoms with Gasteiger partial charge >= 0.3 is 6.03 Å². The topological polar surface area (TPSA) is 85.3 Å². The lowest BCUT2D eigenvalue weighted by Gasteiger charge is -2.10. The van der Waals surface area contributed by atoms with Crippen molar-refractivity contribution in [2.75, 3.05) is 0 Å². The van der Waals surface area contributed by atoms with E-state index in [-0.39, 0.29) is 12.1 Å². The van der Waals surface area contributed by atoms with Gasteiger partial charge in [0.25, 0.3) is 0 Å². The van der Waals surface area contributed by atoms with Crippen LogP contribution in [0.1, 0.15) is 23.0 Å². The standard InChI is InChI=1S/C9H13N5O/c1-4-6(5(2)14(3)13-4)7-8(10)12-9(15)11-7/h7H,1-3H3,(H3,10,11,12,15). The normalized spacial score (nSPS) is 20.3. The zero-order valence-electron chi connectivity index (χ0n) is 8.90. The summed E-state index contributed by atoms with van der Waals surface area (Å²) in [6.45, 7) is 3.83. The molecular formula is C9H13N5O. The maximum absolute atomic E-state index is 11.1. The van der Waals surface area contributed by atoms with Crippen molar-refractivity contribution in [3.8, 4) is 0 Å². The third-order valence-corrected chi connectivity index (χ3v) is 2.65. The number of carbonyl (C=O) groups is 1. The molecule has 80 valence electrons. The van der Waals surface area contributed by atoms with E-state index in [1.807, 2.05) is 20.9 Å². The first-order valence-corrected chi connectivity index (χ1v) is 4.65. The molecule has 3 N–H and O–H groups in total. The van der Waals surface area contributed by atoms with Gasteiger partial charge in [0.05, 0.1) is 5.69 Å². The molecule has 6 heteroatoms. The number of nitrogens with two attached hydrogens (primary N) is 1. The number of hydrogen-bond acceptors (Lipinski definition) is 3. The molecule has 1 aromatic heterocycles. The van der Waals surface area contributed by atoms with E-state index in [1.165, 1.54) is 0 Å². The fourth-order valence-corrected chi connectivity index (χ4v) is 1.84. The van der Waals surface area contributed by atoms with E-state index >= 15 is 0 Å². The first-order chi connectivity index (χ1) is 7.00. The third kappa shape index (κ3) is 1.38. The molecule has 0 aliphatic carbocycles. The minimum atomic E-state index is -0.389. The number of amides is 2. The van der Waals surface area contributed by atoms with E-state index in [2.05, 4.69) is 15.4 Å². The number of amidine groups is 1. The van der Waals surface area contributed by atoms with Crippen molar-refractivity contribution in [3.05, 3.63) is 17.0 Å². The molecule has 1 aliphatic heterocycles. The Kier molecular flexibility index (Phi) is 1.99. The summed E-state index contributed by atoms with van der Waals surface area (Å²) in [4.78, 5) is 14.7. The summed E-state index contributed by atoms with van der Waals surface area (Å²) in [5.74, 6) is 0.305. The van der Waals surface area contributed by atoms with Gasteiger partial charge < -0.3 is 11.1 Å². The number of nitrogens with zero attached hydrogens (tertiary/aromatic N) is 3. The van der Waals surface area contributed by atoms with E-state index in [9.17, 15) is 4.79 Å². The van der Waals surface area contributed by atoms with Gasteiger partial charge in [0.2, 0.25) is 0 Å². The van der Waals surface area contributed by atoms with Crippen LogP contribution in [-0.2, 0) is 7.05 Å². The summed E-state index contributed by atoms with van der Waals surface area (Å²) in [6, 6.07) is -0.716. The van der Waals surface area contributed by atoms with Crippen LogP contribution >= 0.6 is 0 Å². The van der Waals surface area contributed by atoms with Crippen molar-refractivity contribution in [2.45, 2.75) is 19.9 Å². The Hall–Kier alpha value is -1.85. The summed E-state index contributed by atoms with van der Waals surface area (Å²) in [5, 5.41) is 6.96. The Morgan fingerprint density at radius 1 is 1.47 bits per heavy atom. The zero-order valence-corrected chi connectivity index (χ0v) is 8.90. The van der Waals surface area contributed by atoms with Crippen molar-refractivity contribution in [1.29, 1.82) is 0 Å². The van der Waals surface area contributed by atoms with E-state index in [0.717, 1.165) is 17.0 Å². The third-order valence-electron chi connectivity index (χ3n) is 2.65. The lowest BCUT2D eigenvalue weighted by Crippen LogP contribution is -2.28. The highest BCUT2D eigenvalue weighted by Crippen LogP contribution is 2.23. The predicted octanol–water partition coefficient (Wildman–Crippen LogP) is 0.158. The fraction of sp³-hybridized carbons (Fsp3) is 0.444. The highest BCUT2D eigenvalue weighted by Gasteiger charge is 2.29. The second kappa shape index (κ2) is 3.08. The molecule has 2 amide bonds. The van der Waals surface area contributed by atoms with E-state index < -0.39 is 0 Å². The first-order valence-electron chi connectivity index (χ1n) is 4.65. The van der Waals surface area contributed by atoms with Crippen molar-refractivity contribution in [3.63, 3.8) is 0 Å². The maximum Gasteiger partial charge on any atom is 0.343 e. The molecule has 2 rings (SSSR count). The molecule has 15 heavy (non-hydrogen) atoms. The second-order valence-electron chi connectivity index (χ2n) is 3.63. The molecule has 2 heterocycles. The Balaban J connectivity index is 2.47. The van der Waals surface area contributed by atoms with E-state index in [1.54, 1.807) is 4.68 Å². The smallest absolute Gasteiger partial charge is 0.343 e. The predicted molar refractivity (Wildman–Crippen MR) is 55.6 cm³/mol. The number of aromatic nitrogens is 2. The number of carbonyl (C=O) groups excluding carboxylic acids is 1. The van der Waals surface area contributed by atoms with E-state index in [4.69, 9.17) is 5.73 Å². The van der Waals surface area contributed by atoms with Crippen LogP contribution in [0.3, 0.4) is 0 Å². The van der Waals surface area contributed by atoms with Gasteiger partial charge in [-0.15, -0.1) is 0 Å². The molecule has 1 atom stereocenters. The van der Waals surface area contributed by atoms with Crippen LogP contribution in [0, 0.1) is 13.8 Å². The van der Waals surface area contributed by atoms with Gasteiger partial charge in [0.1, 0.15) is 11.9 Å². The summed E-state index contributed by atoms with van der Waals surface area (Å²) < 4.78 is 1.77. The summed E-state index contributed by atoms with van der Waals surface area (Å²) >= 11 is 0. The van der Waals surface area contributed by atoms with Crippen LogP contribution in [0.15, 0.2) is 4.99 Å². The van der Waals surface area contributed by atoms with Gasteiger partial charge in [-0.3, -0.25) is 4.68 Å². The Labute approximate surface area is 87.2 Å². The number of urea groups is 1. The number of aliphatic imine (C=N–C) groups is 1. The molecule has 0 saturated heterocycles. The molecule has 0 radical (unpaired) electrons. The molecule has 0 spiro atoms. The number of rotatable bonds is 1. The van der Waals surface area contributed by atoms with Crippen LogP contribution < -0.4 is 11.1 Å². The van der Waals surface area contributed by atoms with Crippen molar-refractivity contribution in [2.24, 2.45) is 17.8 Å². The van der Waals surface area contributed by atoms with Gasteiger partial charge in [-0.1, -0.05) is 0 Å². The SMILES string of the molecule is Cc1nn(C)c(C)c1C1NC(=O)N=C1N. The highest BCUT2D eigenvalue weighted by molar-refractivity contribution is 6.03. The van der Waals surface area contributed by atoms with Crippen molar-refractivity contribution in [1.82, 2.24) is 15.1 Å². The average Bonchev–Trinajstić information content (AvgIpc) is 2.56. The van der Waals surface area contributed by atoms with Gasteiger partial charge in [0, 0.05) is 18.3 Å².